The van der Waals surface area contributed by atoms with E-state index in [2.05, 4.69) is 39.9 Å². The number of carboxylic acid groups (broad SMARTS) is 1. The molecule has 20 heavy (non-hydrogen) atoms. The Balaban J connectivity index is 1.82. The minimum absolute atomic E-state index is 0.273. The van der Waals surface area contributed by atoms with Gasteiger partial charge < -0.3 is 5.11 Å². The zero-order chi connectivity index (χ0) is 14.3. The molecule has 2 aliphatic rings. The van der Waals surface area contributed by atoms with Crippen molar-refractivity contribution >= 4 is 21.9 Å². The van der Waals surface area contributed by atoms with Crippen LogP contribution in [0, 0.1) is 11.3 Å². The Morgan fingerprint density at radius 1 is 1.55 bits per heavy atom. The SMILES string of the molecule is CC(c1cccc(Br)c1)N1C[C@@H]2CCC[C@@]2(C(=O)O)C1. The highest BCUT2D eigenvalue weighted by atomic mass is 79.9. The van der Waals surface area contributed by atoms with Crippen LogP contribution in [0.4, 0.5) is 0 Å². The Morgan fingerprint density at radius 2 is 2.35 bits per heavy atom. The molecule has 3 rings (SSSR count). The molecule has 108 valence electrons. The standard InChI is InChI=1S/C16H20BrNO2/c1-11(12-4-2-6-14(17)8-12)18-9-13-5-3-7-16(13,10-18)15(19)20/h2,4,6,8,11,13H,3,5,7,9-10H2,1H3,(H,19,20)/t11?,13-,16+/m0/s1. The lowest BCUT2D eigenvalue weighted by molar-refractivity contribution is -0.149. The molecule has 3 atom stereocenters. The molecule has 2 fully saturated rings. The van der Waals surface area contributed by atoms with E-state index in [1.807, 2.05) is 12.1 Å². The number of carbonyl (C=O) groups is 1. The van der Waals surface area contributed by atoms with Crippen LogP contribution in [0.1, 0.15) is 37.8 Å². The number of hydrogen-bond donors (Lipinski definition) is 1. The predicted molar refractivity (Wildman–Crippen MR) is 81.5 cm³/mol. The molecule has 0 bridgehead atoms. The second kappa shape index (κ2) is 5.15. The Hall–Kier alpha value is -0.870. The molecule has 3 nitrogen and oxygen atoms in total. The molecule has 1 saturated carbocycles. The van der Waals surface area contributed by atoms with Gasteiger partial charge in [0.15, 0.2) is 0 Å². The molecule has 0 radical (unpaired) electrons. The number of hydrogen-bond acceptors (Lipinski definition) is 2. The topological polar surface area (TPSA) is 40.5 Å². The summed E-state index contributed by atoms with van der Waals surface area (Å²) >= 11 is 3.51. The van der Waals surface area contributed by atoms with Gasteiger partial charge in [0.25, 0.3) is 0 Å². The molecule has 1 aromatic carbocycles. The minimum Gasteiger partial charge on any atom is -0.481 e. The van der Waals surface area contributed by atoms with Crippen LogP contribution in [0.2, 0.25) is 0 Å². The van der Waals surface area contributed by atoms with Crippen molar-refractivity contribution in [2.24, 2.45) is 11.3 Å². The van der Waals surface area contributed by atoms with Gasteiger partial charge in [0.05, 0.1) is 5.41 Å². The van der Waals surface area contributed by atoms with Gasteiger partial charge in [-0.3, -0.25) is 9.69 Å². The largest absolute Gasteiger partial charge is 0.481 e. The normalized spacial score (nSPS) is 31.2. The van der Waals surface area contributed by atoms with E-state index in [9.17, 15) is 9.90 Å². The van der Waals surface area contributed by atoms with Crippen LogP contribution in [-0.4, -0.2) is 29.1 Å². The average molecular weight is 338 g/mol. The van der Waals surface area contributed by atoms with Gasteiger partial charge in [-0.25, -0.2) is 0 Å². The highest BCUT2D eigenvalue weighted by Crippen LogP contribution is 2.50. The van der Waals surface area contributed by atoms with E-state index < -0.39 is 11.4 Å². The number of aliphatic carboxylic acids is 1. The summed E-state index contributed by atoms with van der Waals surface area (Å²) in [4.78, 5) is 14.1. The fourth-order valence-electron chi connectivity index (χ4n) is 3.95. The van der Waals surface area contributed by atoms with Crippen LogP contribution in [0.25, 0.3) is 0 Å². The van der Waals surface area contributed by atoms with E-state index in [0.717, 1.165) is 30.3 Å². The predicted octanol–water partition coefficient (Wildman–Crippen LogP) is 3.70. The third-order valence-electron chi connectivity index (χ3n) is 5.20. The van der Waals surface area contributed by atoms with Gasteiger partial charge in [0.1, 0.15) is 0 Å². The number of fused-ring (bicyclic) bond motifs is 1. The van der Waals surface area contributed by atoms with E-state index in [1.165, 1.54) is 5.56 Å². The fraction of sp³-hybridized carbons (Fsp3) is 0.562. The van der Waals surface area contributed by atoms with Crippen molar-refractivity contribution < 1.29 is 9.90 Å². The molecule has 0 spiro atoms. The van der Waals surface area contributed by atoms with Gasteiger partial charge in [-0.05, 0) is 43.4 Å². The number of rotatable bonds is 3. The zero-order valence-electron chi connectivity index (χ0n) is 11.7. The van der Waals surface area contributed by atoms with Crippen molar-refractivity contribution in [3.8, 4) is 0 Å². The van der Waals surface area contributed by atoms with Crippen LogP contribution >= 0.6 is 15.9 Å². The fourth-order valence-corrected chi connectivity index (χ4v) is 4.37. The van der Waals surface area contributed by atoms with E-state index in [1.54, 1.807) is 0 Å². The van der Waals surface area contributed by atoms with Gasteiger partial charge in [0.2, 0.25) is 0 Å². The van der Waals surface area contributed by atoms with E-state index in [-0.39, 0.29) is 6.04 Å². The average Bonchev–Trinajstić information content (AvgIpc) is 2.95. The second-order valence-corrected chi connectivity index (χ2v) is 7.13. The quantitative estimate of drug-likeness (QED) is 0.914. The summed E-state index contributed by atoms with van der Waals surface area (Å²) in [6.07, 6.45) is 2.97. The van der Waals surface area contributed by atoms with Crippen molar-refractivity contribution in [2.45, 2.75) is 32.2 Å². The Kier molecular flexibility index (Phi) is 3.63. The molecular formula is C16H20BrNO2. The lowest BCUT2D eigenvalue weighted by atomic mass is 9.81. The third kappa shape index (κ3) is 2.19. The molecule has 1 aliphatic carbocycles. The maximum Gasteiger partial charge on any atom is 0.311 e. The summed E-state index contributed by atoms with van der Waals surface area (Å²) < 4.78 is 1.08. The Bertz CT molecular complexity index is 533. The number of likely N-dealkylation sites (tertiary alicyclic amines) is 1. The third-order valence-corrected chi connectivity index (χ3v) is 5.70. The summed E-state index contributed by atoms with van der Waals surface area (Å²) in [6.45, 7) is 3.79. The van der Waals surface area contributed by atoms with E-state index in [4.69, 9.17) is 0 Å². The van der Waals surface area contributed by atoms with Gasteiger partial charge in [-0.15, -0.1) is 0 Å². The molecule has 1 aromatic rings. The summed E-state index contributed by atoms with van der Waals surface area (Å²) in [5, 5.41) is 9.65. The van der Waals surface area contributed by atoms with Gasteiger partial charge >= 0.3 is 5.97 Å². The number of carboxylic acids is 1. The molecule has 4 heteroatoms. The van der Waals surface area contributed by atoms with Crippen LogP contribution in [0.5, 0.6) is 0 Å². The summed E-state index contributed by atoms with van der Waals surface area (Å²) in [5.41, 5.74) is 0.764. The van der Waals surface area contributed by atoms with Crippen LogP contribution in [0.3, 0.4) is 0 Å². The maximum atomic E-state index is 11.7. The highest BCUT2D eigenvalue weighted by molar-refractivity contribution is 9.10. The number of benzene rings is 1. The smallest absolute Gasteiger partial charge is 0.311 e. The summed E-state index contributed by atoms with van der Waals surface area (Å²) in [6, 6.07) is 8.59. The van der Waals surface area contributed by atoms with Gasteiger partial charge in [-0.2, -0.15) is 0 Å². The molecule has 1 heterocycles. The van der Waals surface area contributed by atoms with Crippen molar-refractivity contribution in [1.82, 2.24) is 4.90 Å². The Labute approximate surface area is 128 Å². The van der Waals surface area contributed by atoms with Crippen molar-refractivity contribution in [3.63, 3.8) is 0 Å². The highest BCUT2D eigenvalue weighted by Gasteiger charge is 2.55. The van der Waals surface area contributed by atoms with Gasteiger partial charge in [0, 0.05) is 23.6 Å². The van der Waals surface area contributed by atoms with E-state index in [0.29, 0.717) is 12.5 Å². The van der Waals surface area contributed by atoms with Gasteiger partial charge in [-0.1, -0.05) is 34.5 Å². The summed E-state index contributed by atoms with van der Waals surface area (Å²) in [5.74, 6) is -0.265. The van der Waals surface area contributed by atoms with Crippen molar-refractivity contribution in [1.29, 1.82) is 0 Å². The maximum absolute atomic E-state index is 11.7. The van der Waals surface area contributed by atoms with Crippen LogP contribution in [0.15, 0.2) is 28.7 Å². The number of halogens is 1. The minimum atomic E-state index is -0.594. The molecule has 0 aromatic heterocycles. The molecule has 1 aliphatic heterocycles. The monoisotopic (exact) mass is 337 g/mol. The zero-order valence-corrected chi connectivity index (χ0v) is 13.3. The summed E-state index contributed by atoms with van der Waals surface area (Å²) in [7, 11) is 0. The molecular weight excluding hydrogens is 318 g/mol. The number of nitrogens with zero attached hydrogens (tertiary/aromatic N) is 1. The molecule has 0 amide bonds. The first-order chi connectivity index (χ1) is 9.53. The van der Waals surface area contributed by atoms with Crippen LogP contribution < -0.4 is 0 Å². The molecule has 1 unspecified atom stereocenters. The lowest BCUT2D eigenvalue weighted by Gasteiger charge is -2.27. The first-order valence-corrected chi connectivity index (χ1v) is 8.05. The molecule has 1 saturated heterocycles. The second-order valence-electron chi connectivity index (χ2n) is 6.21. The van der Waals surface area contributed by atoms with Crippen molar-refractivity contribution in [2.75, 3.05) is 13.1 Å². The molecule has 1 N–H and O–H groups in total. The van der Waals surface area contributed by atoms with Crippen LogP contribution in [-0.2, 0) is 4.79 Å². The first kappa shape index (κ1) is 14.1. The first-order valence-electron chi connectivity index (χ1n) is 7.26. The Morgan fingerprint density at radius 3 is 3.00 bits per heavy atom. The van der Waals surface area contributed by atoms with Crippen molar-refractivity contribution in [3.05, 3.63) is 34.3 Å². The lowest BCUT2D eigenvalue weighted by Crippen LogP contribution is -2.36. The van der Waals surface area contributed by atoms with E-state index >= 15 is 0 Å².